The molecule has 0 bridgehead atoms. The second-order valence-electron chi connectivity index (χ2n) is 8.47. The quantitative estimate of drug-likeness (QED) is 0.346. The van der Waals surface area contributed by atoms with E-state index < -0.39 is 7.60 Å². The number of amides is 2. The van der Waals surface area contributed by atoms with E-state index in [-0.39, 0.29) is 31.3 Å². The molecule has 2 aromatic carbocycles. The molecule has 0 radical (unpaired) electrons. The van der Waals surface area contributed by atoms with Crippen LogP contribution in [0.3, 0.4) is 0 Å². The first kappa shape index (κ1) is 25.9. The van der Waals surface area contributed by atoms with Gasteiger partial charge in [-0.3, -0.25) is 14.2 Å². The summed E-state index contributed by atoms with van der Waals surface area (Å²) >= 11 is 0. The molecule has 0 aromatic heterocycles. The van der Waals surface area contributed by atoms with Crippen molar-refractivity contribution in [1.29, 1.82) is 0 Å². The summed E-state index contributed by atoms with van der Waals surface area (Å²) in [5.74, 6) is -0.214. The number of para-hydroxylation sites is 1. The van der Waals surface area contributed by atoms with Crippen LogP contribution >= 0.6 is 7.60 Å². The highest BCUT2D eigenvalue weighted by Crippen LogP contribution is 2.36. The van der Waals surface area contributed by atoms with Crippen LogP contribution in [0, 0.1) is 0 Å². The Morgan fingerprint density at radius 2 is 1.65 bits per heavy atom. The maximum absolute atomic E-state index is 13.2. The number of nitrogens with zero attached hydrogens (tertiary/aromatic N) is 1. The highest BCUT2D eigenvalue weighted by molar-refractivity contribution is 7.51. The molecule has 7 nitrogen and oxygen atoms in total. The normalized spacial score (nSPS) is 14.4. The smallest absolute Gasteiger partial charge is 0.325 e. The zero-order chi connectivity index (χ0) is 24.4. The summed E-state index contributed by atoms with van der Waals surface area (Å²) in [6, 6.07) is 15.8. The molecule has 3 rings (SSSR count). The molecule has 1 unspecified atom stereocenters. The van der Waals surface area contributed by atoms with Gasteiger partial charge in [-0.15, -0.1) is 0 Å². The van der Waals surface area contributed by atoms with E-state index >= 15 is 0 Å². The fourth-order valence-electron chi connectivity index (χ4n) is 3.86. The summed E-state index contributed by atoms with van der Waals surface area (Å²) in [7, 11) is -3.40. The van der Waals surface area contributed by atoms with Crippen molar-refractivity contribution in [2.75, 3.05) is 24.7 Å². The molecule has 1 heterocycles. The molecule has 182 valence electrons. The zero-order valence-corrected chi connectivity index (χ0v) is 20.5. The first-order valence-corrected chi connectivity index (χ1v) is 13.7. The third-order valence-electron chi connectivity index (χ3n) is 5.64. The van der Waals surface area contributed by atoms with Gasteiger partial charge in [-0.05, 0) is 35.6 Å². The van der Waals surface area contributed by atoms with E-state index in [1.165, 1.54) is 6.66 Å². The molecule has 1 aliphatic rings. The lowest BCUT2D eigenvalue weighted by Crippen LogP contribution is -2.33. The molecule has 34 heavy (non-hydrogen) atoms. The molecule has 2 aromatic rings. The van der Waals surface area contributed by atoms with E-state index in [2.05, 4.69) is 11.4 Å². The van der Waals surface area contributed by atoms with Crippen LogP contribution in [0.4, 0.5) is 5.69 Å². The summed E-state index contributed by atoms with van der Waals surface area (Å²) < 4.78 is 15.9. The SMILES string of the molecule is CP(=O)(O)OCCCCCCNC(=O)CCC(=O)N1Cc2ccccc2C=Cc2ccccc21. The number of rotatable bonds is 11. The van der Waals surface area contributed by atoms with E-state index in [0.29, 0.717) is 19.5 Å². The number of unbranched alkanes of at least 4 members (excludes halogenated alkanes) is 3. The Labute approximate surface area is 201 Å². The molecule has 2 amide bonds. The number of nitrogens with one attached hydrogen (secondary N) is 1. The Hall–Kier alpha value is -2.73. The van der Waals surface area contributed by atoms with Crippen molar-refractivity contribution >= 4 is 37.2 Å². The maximum atomic E-state index is 13.2. The van der Waals surface area contributed by atoms with Gasteiger partial charge in [0.2, 0.25) is 11.8 Å². The van der Waals surface area contributed by atoms with Gasteiger partial charge in [0.15, 0.2) is 0 Å². The Balaban J connectivity index is 1.45. The largest absolute Gasteiger partial charge is 0.356 e. The van der Waals surface area contributed by atoms with Crippen LogP contribution < -0.4 is 10.2 Å². The van der Waals surface area contributed by atoms with Gasteiger partial charge >= 0.3 is 7.60 Å². The number of anilines is 1. The zero-order valence-electron chi connectivity index (χ0n) is 19.6. The number of carbonyl (C=O) groups is 2. The third kappa shape index (κ3) is 8.24. The predicted octanol–water partition coefficient (Wildman–Crippen LogP) is 4.99. The Morgan fingerprint density at radius 1 is 0.971 bits per heavy atom. The summed E-state index contributed by atoms with van der Waals surface area (Å²) in [4.78, 5) is 36.3. The van der Waals surface area contributed by atoms with Crippen molar-refractivity contribution in [2.45, 2.75) is 45.1 Å². The van der Waals surface area contributed by atoms with Gasteiger partial charge in [-0.2, -0.15) is 0 Å². The summed E-state index contributed by atoms with van der Waals surface area (Å²) in [6.45, 7) is 2.45. The molecule has 8 heteroatoms. The average Bonchev–Trinajstić information content (AvgIpc) is 2.80. The molecule has 0 fully saturated rings. The number of carbonyl (C=O) groups excluding carboxylic acids is 2. The van der Waals surface area contributed by atoms with Crippen LogP contribution in [0.5, 0.6) is 0 Å². The number of fused-ring (bicyclic) bond motifs is 2. The molecular formula is C26H33N2O5P. The minimum absolute atomic E-state index is 0.0789. The van der Waals surface area contributed by atoms with E-state index in [1.807, 2.05) is 54.6 Å². The Bertz CT molecular complexity index is 1060. The van der Waals surface area contributed by atoms with Gasteiger partial charge in [0.05, 0.1) is 18.8 Å². The summed E-state index contributed by atoms with van der Waals surface area (Å²) in [5.41, 5.74) is 3.97. The van der Waals surface area contributed by atoms with Gasteiger partial charge in [-0.1, -0.05) is 67.5 Å². The number of benzene rings is 2. The van der Waals surface area contributed by atoms with Gasteiger partial charge in [-0.25, -0.2) is 0 Å². The van der Waals surface area contributed by atoms with Crippen molar-refractivity contribution < 1.29 is 23.6 Å². The van der Waals surface area contributed by atoms with Gasteiger partial charge in [0.25, 0.3) is 0 Å². The van der Waals surface area contributed by atoms with E-state index in [1.54, 1.807) is 4.90 Å². The third-order valence-corrected chi connectivity index (χ3v) is 6.31. The van der Waals surface area contributed by atoms with Crippen LogP contribution in [0.25, 0.3) is 12.2 Å². The number of hydrogen-bond donors (Lipinski definition) is 2. The van der Waals surface area contributed by atoms with Crippen molar-refractivity contribution in [1.82, 2.24) is 5.32 Å². The fourth-order valence-corrected chi connectivity index (χ4v) is 4.33. The van der Waals surface area contributed by atoms with Gasteiger partial charge in [0.1, 0.15) is 0 Å². The number of hydrogen-bond acceptors (Lipinski definition) is 4. The van der Waals surface area contributed by atoms with Crippen LogP contribution in [-0.4, -0.2) is 36.5 Å². The fraction of sp³-hybridized carbons (Fsp3) is 0.385. The van der Waals surface area contributed by atoms with Gasteiger partial charge < -0.3 is 19.6 Å². The second-order valence-corrected chi connectivity index (χ2v) is 10.3. The molecule has 0 spiro atoms. The highest BCUT2D eigenvalue weighted by atomic mass is 31.2. The Morgan fingerprint density at radius 3 is 2.44 bits per heavy atom. The standard InChI is InChI=1S/C26H33N2O5P/c1-34(31,32)33-19-9-3-2-8-18-27-25(29)16-17-26(30)28-20-23-12-5-4-10-21(23)14-15-22-11-6-7-13-24(22)28/h4-7,10-15H,2-3,8-9,16-20H2,1H3,(H,27,29)(H,31,32). The van der Waals surface area contributed by atoms with Crippen molar-refractivity contribution in [3.63, 3.8) is 0 Å². The van der Waals surface area contributed by atoms with Crippen LogP contribution in [0.15, 0.2) is 48.5 Å². The van der Waals surface area contributed by atoms with Crippen LogP contribution in [-0.2, 0) is 25.2 Å². The molecular weight excluding hydrogens is 451 g/mol. The summed E-state index contributed by atoms with van der Waals surface area (Å²) in [6.07, 6.45) is 7.65. The van der Waals surface area contributed by atoms with E-state index in [4.69, 9.17) is 9.42 Å². The molecule has 1 aliphatic heterocycles. The second kappa shape index (κ2) is 12.7. The van der Waals surface area contributed by atoms with Gasteiger partial charge in [0, 0.05) is 26.1 Å². The highest BCUT2D eigenvalue weighted by Gasteiger charge is 2.21. The lowest BCUT2D eigenvalue weighted by Gasteiger charge is -2.27. The predicted molar refractivity (Wildman–Crippen MR) is 135 cm³/mol. The molecule has 0 saturated carbocycles. The monoisotopic (exact) mass is 484 g/mol. The Kier molecular flexibility index (Phi) is 9.63. The first-order chi connectivity index (χ1) is 16.3. The minimum Gasteiger partial charge on any atom is -0.356 e. The van der Waals surface area contributed by atoms with Crippen molar-refractivity contribution in [3.8, 4) is 0 Å². The molecule has 1 atom stereocenters. The molecule has 0 aliphatic carbocycles. The summed E-state index contributed by atoms with van der Waals surface area (Å²) in [5, 5.41) is 2.88. The first-order valence-electron chi connectivity index (χ1n) is 11.7. The lowest BCUT2D eigenvalue weighted by molar-refractivity contribution is -0.125. The average molecular weight is 485 g/mol. The van der Waals surface area contributed by atoms with E-state index in [0.717, 1.165) is 41.6 Å². The lowest BCUT2D eigenvalue weighted by atomic mass is 10.0. The minimum atomic E-state index is -3.40. The maximum Gasteiger partial charge on any atom is 0.325 e. The topological polar surface area (TPSA) is 95.9 Å². The van der Waals surface area contributed by atoms with Crippen molar-refractivity contribution in [3.05, 3.63) is 65.2 Å². The molecule has 2 N–H and O–H groups in total. The van der Waals surface area contributed by atoms with Crippen LogP contribution in [0.2, 0.25) is 0 Å². The van der Waals surface area contributed by atoms with Crippen molar-refractivity contribution in [2.24, 2.45) is 0 Å². The van der Waals surface area contributed by atoms with E-state index in [9.17, 15) is 14.2 Å². The molecule has 0 saturated heterocycles. The van der Waals surface area contributed by atoms with Crippen LogP contribution in [0.1, 0.15) is 55.2 Å².